The van der Waals surface area contributed by atoms with Gasteiger partial charge in [0.2, 0.25) is 0 Å². The third-order valence-electron chi connectivity index (χ3n) is 2.38. The van der Waals surface area contributed by atoms with Crippen LogP contribution in [-0.4, -0.2) is 25.3 Å². The van der Waals surface area contributed by atoms with Crippen molar-refractivity contribution in [3.63, 3.8) is 0 Å². The zero-order valence-corrected chi connectivity index (χ0v) is 10.0. The van der Waals surface area contributed by atoms with Crippen LogP contribution in [0.1, 0.15) is 5.69 Å². The molecule has 0 N–H and O–H groups in total. The highest BCUT2D eigenvalue weighted by atomic mass is 15.1. The van der Waals surface area contributed by atoms with E-state index >= 15 is 0 Å². The summed E-state index contributed by atoms with van der Waals surface area (Å²) in [6, 6.07) is 13.8. The Morgan fingerprint density at radius 3 is 2.59 bits per heavy atom. The summed E-state index contributed by atoms with van der Waals surface area (Å²) in [5, 5.41) is 0. The van der Waals surface area contributed by atoms with Gasteiger partial charge in [-0.3, -0.25) is 9.98 Å². The number of nitrogens with zero attached hydrogens (tertiary/aromatic N) is 3. The van der Waals surface area contributed by atoms with Gasteiger partial charge in [-0.25, -0.2) is 0 Å². The van der Waals surface area contributed by atoms with E-state index in [2.05, 4.69) is 9.98 Å². The topological polar surface area (TPSA) is 28.5 Å². The number of pyridine rings is 1. The van der Waals surface area contributed by atoms with Crippen molar-refractivity contribution in [2.24, 2.45) is 4.99 Å². The van der Waals surface area contributed by atoms with Gasteiger partial charge in [0.1, 0.15) is 0 Å². The van der Waals surface area contributed by atoms with E-state index in [0.717, 1.165) is 17.1 Å². The first-order chi connectivity index (χ1) is 8.25. The smallest absolute Gasteiger partial charge is 0.0833 e. The Morgan fingerprint density at radius 2 is 1.88 bits per heavy atom. The molecule has 0 unspecified atom stereocenters. The molecule has 0 aliphatic rings. The third-order valence-corrected chi connectivity index (χ3v) is 2.38. The van der Waals surface area contributed by atoms with Crippen LogP contribution in [0.2, 0.25) is 0 Å². The first-order valence-electron chi connectivity index (χ1n) is 5.48. The normalized spacial score (nSPS) is 10.7. The van der Waals surface area contributed by atoms with Gasteiger partial charge in [-0.2, -0.15) is 0 Å². The second-order valence-corrected chi connectivity index (χ2v) is 3.93. The van der Waals surface area contributed by atoms with Crippen molar-refractivity contribution >= 4 is 17.6 Å². The lowest BCUT2D eigenvalue weighted by atomic mass is 10.3. The number of aliphatic imine (C=N–C) groups is 1. The molecular weight excluding hydrogens is 210 g/mol. The van der Waals surface area contributed by atoms with E-state index in [1.54, 1.807) is 12.4 Å². The maximum absolute atomic E-state index is 4.37. The fourth-order valence-electron chi connectivity index (χ4n) is 1.44. The van der Waals surface area contributed by atoms with Crippen LogP contribution in [0.4, 0.5) is 11.4 Å². The van der Waals surface area contributed by atoms with E-state index in [0.29, 0.717) is 0 Å². The van der Waals surface area contributed by atoms with Crippen molar-refractivity contribution in [1.29, 1.82) is 0 Å². The quantitative estimate of drug-likeness (QED) is 0.751. The summed E-state index contributed by atoms with van der Waals surface area (Å²) in [7, 11) is 4.01. The highest BCUT2D eigenvalue weighted by molar-refractivity contribution is 5.80. The molecule has 0 atom stereocenters. The number of para-hydroxylation sites is 1. The lowest BCUT2D eigenvalue weighted by Gasteiger charge is -2.11. The first-order valence-corrected chi connectivity index (χ1v) is 5.48. The van der Waals surface area contributed by atoms with Crippen LogP contribution in [0.25, 0.3) is 0 Å². The minimum atomic E-state index is 0.861. The summed E-state index contributed by atoms with van der Waals surface area (Å²) in [6.07, 6.45) is 3.57. The third kappa shape index (κ3) is 3.14. The summed E-state index contributed by atoms with van der Waals surface area (Å²) in [4.78, 5) is 10.7. The van der Waals surface area contributed by atoms with Gasteiger partial charge < -0.3 is 4.90 Å². The number of hydrogen-bond donors (Lipinski definition) is 0. The molecule has 0 aliphatic carbocycles. The lowest BCUT2D eigenvalue weighted by molar-refractivity contribution is 1.12. The molecule has 1 aromatic carbocycles. The molecule has 0 radical (unpaired) electrons. The number of benzene rings is 1. The predicted molar refractivity (Wildman–Crippen MR) is 72.3 cm³/mol. The molecule has 86 valence electrons. The average molecular weight is 225 g/mol. The summed E-state index contributed by atoms with van der Waals surface area (Å²) < 4.78 is 0. The number of hydrogen-bond acceptors (Lipinski definition) is 3. The maximum Gasteiger partial charge on any atom is 0.0833 e. The SMILES string of the molecule is CN(C)c1ccnc(C=Nc2ccccc2)c1. The molecule has 3 nitrogen and oxygen atoms in total. The van der Waals surface area contributed by atoms with Gasteiger partial charge in [-0.05, 0) is 24.3 Å². The van der Waals surface area contributed by atoms with Crippen LogP contribution in [0.3, 0.4) is 0 Å². The van der Waals surface area contributed by atoms with Crippen LogP contribution >= 0.6 is 0 Å². The van der Waals surface area contributed by atoms with E-state index in [-0.39, 0.29) is 0 Å². The van der Waals surface area contributed by atoms with Crippen molar-refractivity contribution in [1.82, 2.24) is 4.98 Å². The highest BCUT2D eigenvalue weighted by Gasteiger charge is 1.96. The molecule has 1 aromatic heterocycles. The zero-order chi connectivity index (χ0) is 12.1. The highest BCUT2D eigenvalue weighted by Crippen LogP contribution is 2.12. The minimum absolute atomic E-state index is 0.861. The Hall–Kier alpha value is -2.16. The number of rotatable bonds is 3. The van der Waals surface area contributed by atoms with Crippen LogP contribution in [-0.2, 0) is 0 Å². The monoisotopic (exact) mass is 225 g/mol. The summed E-state index contributed by atoms with van der Waals surface area (Å²) in [5.41, 5.74) is 2.92. The zero-order valence-electron chi connectivity index (χ0n) is 10.0. The van der Waals surface area contributed by atoms with Crippen molar-refractivity contribution in [2.45, 2.75) is 0 Å². The Kier molecular flexibility index (Phi) is 3.50. The molecular formula is C14H15N3. The molecule has 0 amide bonds. The Bertz CT molecular complexity index is 504. The predicted octanol–water partition coefficient (Wildman–Crippen LogP) is 2.90. The maximum atomic E-state index is 4.37. The molecule has 2 rings (SSSR count). The van der Waals surface area contributed by atoms with Gasteiger partial charge in [0.25, 0.3) is 0 Å². The largest absolute Gasteiger partial charge is 0.378 e. The van der Waals surface area contributed by atoms with Crippen molar-refractivity contribution in [3.05, 3.63) is 54.4 Å². The summed E-state index contributed by atoms with van der Waals surface area (Å²) >= 11 is 0. The molecule has 0 saturated heterocycles. The van der Waals surface area contributed by atoms with Crippen LogP contribution in [0.5, 0.6) is 0 Å². The number of anilines is 1. The first kappa shape index (κ1) is 11.3. The van der Waals surface area contributed by atoms with Gasteiger partial charge in [0, 0.05) is 26.0 Å². The van der Waals surface area contributed by atoms with E-state index < -0.39 is 0 Å². The van der Waals surface area contributed by atoms with Gasteiger partial charge in [0.15, 0.2) is 0 Å². The van der Waals surface area contributed by atoms with Gasteiger partial charge in [-0.1, -0.05) is 18.2 Å². The Labute approximate surface area is 101 Å². The van der Waals surface area contributed by atoms with E-state index in [1.165, 1.54) is 0 Å². The average Bonchev–Trinajstić information content (AvgIpc) is 2.38. The van der Waals surface area contributed by atoms with Crippen molar-refractivity contribution in [2.75, 3.05) is 19.0 Å². The number of aromatic nitrogens is 1. The van der Waals surface area contributed by atoms with Crippen molar-refractivity contribution in [3.8, 4) is 0 Å². The second-order valence-electron chi connectivity index (χ2n) is 3.93. The van der Waals surface area contributed by atoms with Crippen LogP contribution in [0, 0.1) is 0 Å². The van der Waals surface area contributed by atoms with Gasteiger partial charge >= 0.3 is 0 Å². The van der Waals surface area contributed by atoms with E-state index in [1.807, 2.05) is 61.5 Å². The van der Waals surface area contributed by atoms with Gasteiger partial charge in [0.05, 0.1) is 17.6 Å². The van der Waals surface area contributed by atoms with Crippen LogP contribution < -0.4 is 4.90 Å². The molecule has 17 heavy (non-hydrogen) atoms. The molecule has 0 saturated carbocycles. The van der Waals surface area contributed by atoms with Crippen LogP contribution in [0.15, 0.2) is 53.7 Å². The molecule has 0 spiro atoms. The van der Waals surface area contributed by atoms with E-state index in [4.69, 9.17) is 0 Å². The molecule has 3 heteroatoms. The van der Waals surface area contributed by atoms with Gasteiger partial charge in [-0.15, -0.1) is 0 Å². The Balaban J connectivity index is 2.19. The minimum Gasteiger partial charge on any atom is -0.378 e. The summed E-state index contributed by atoms with van der Waals surface area (Å²) in [6.45, 7) is 0. The fourth-order valence-corrected chi connectivity index (χ4v) is 1.44. The lowest BCUT2D eigenvalue weighted by Crippen LogP contribution is -2.09. The standard InChI is InChI=1S/C14H15N3/c1-17(2)14-8-9-15-13(10-14)11-16-12-6-4-3-5-7-12/h3-11H,1-2H3. The molecule has 1 heterocycles. The fraction of sp³-hybridized carbons (Fsp3) is 0.143. The molecule has 2 aromatic rings. The second kappa shape index (κ2) is 5.25. The summed E-state index contributed by atoms with van der Waals surface area (Å²) in [5.74, 6) is 0. The molecule has 0 bridgehead atoms. The van der Waals surface area contributed by atoms with Crippen molar-refractivity contribution < 1.29 is 0 Å². The Morgan fingerprint density at radius 1 is 1.12 bits per heavy atom. The van der Waals surface area contributed by atoms with E-state index in [9.17, 15) is 0 Å². The molecule has 0 aliphatic heterocycles. The molecule has 0 fully saturated rings.